The van der Waals surface area contributed by atoms with Gasteiger partial charge in [0.25, 0.3) is 0 Å². The van der Waals surface area contributed by atoms with Gasteiger partial charge in [-0.15, -0.1) is 10.2 Å². The van der Waals surface area contributed by atoms with E-state index in [1.165, 1.54) is 10.5 Å². The number of hydrogen-bond donors (Lipinski definition) is 1. The summed E-state index contributed by atoms with van der Waals surface area (Å²) in [6.45, 7) is 2.82. The van der Waals surface area contributed by atoms with Crippen LogP contribution < -0.4 is 5.32 Å². The third kappa shape index (κ3) is 3.51. The zero-order valence-electron chi connectivity index (χ0n) is 9.53. The predicted octanol–water partition coefficient (Wildman–Crippen LogP) is 3.48. The van der Waals surface area contributed by atoms with Gasteiger partial charge in [-0.1, -0.05) is 39.0 Å². The van der Waals surface area contributed by atoms with E-state index >= 15 is 0 Å². The third-order valence-corrected chi connectivity index (χ3v) is 4.60. The van der Waals surface area contributed by atoms with Gasteiger partial charge in [-0.2, -0.15) is 0 Å². The number of aromatic nitrogens is 2. The molecule has 3 nitrogen and oxygen atoms in total. The molecule has 1 aromatic heterocycles. The molecule has 0 bridgehead atoms. The Balaban J connectivity index is 2.25. The maximum absolute atomic E-state index is 4.13. The Hall–Kier alpha value is -0.430. The number of halogens is 1. The van der Waals surface area contributed by atoms with Gasteiger partial charge in [-0.25, -0.2) is 0 Å². The maximum atomic E-state index is 4.13. The molecule has 0 saturated carbocycles. The summed E-state index contributed by atoms with van der Waals surface area (Å²) in [7, 11) is 1.95. The lowest BCUT2D eigenvalue weighted by atomic mass is 10.2. The highest BCUT2D eigenvalue weighted by Gasteiger charge is 2.08. The second-order valence-corrected chi connectivity index (χ2v) is 6.86. The molecule has 1 N–H and O–H groups in total. The first-order chi connectivity index (χ1) is 8.19. The molecule has 0 aliphatic rings. The van der Waals surface area contributed by atoms with Crippen molar-refractivity contribution in [2.24, 2.45) is 0 Å². The Bertz CT molecular complexity index is 513. The van der Waals surface area contributed by atoms with E-state index in [4.69, 9.17) is 0 Å². The highest BCUT2D eigenvalue weighted by Crippen LogP contribution is 2.33. The summed E-state index contributed by atoms with van der Waals surface area (Å²) in [5, 5.41) is 12.3. The van der Waals surface area contributed by atoms with Crippen LogP contribution in [-0.4, -0.2) is 17.2 Å². The van der Waals surface area contributed by atoms with E-state index < -0.39 is 0 Å². The lowest BCUT2D eigenvalue weighted by molar-refractivity contribution is 0.802. The molecular formula is C11H12BrN3S2. The number of aryl methyl sites for hydroxylation is 1. The molecular weight excluding hydrogens is 318 g/mol. The normalized spacial score (nSPS) is 10.8. The molecule has 0 amide bonds. The van der Waals surface area contributed by atoms with Gasteiger partial charge in [-0.3, -0.25) is 0 Å². The number of benzene rings is 1. The number of nitrogens with one attached hydrogen (secondary N) is 1. The van der Waals surface area contributed by atoms with Gasteiger partial charge in [0, 0.05) is 15.9 Å². The van der Waals surface area contributed by atoms with Gasteiger partial charge in [0.15, 0.2) is 4.34 Å². The molecule has 0 saturated heterocycles. The van der Waals surface area contributed by atoms with Crippen LogP contribution in [-0.2, 0) is 6.54 Å². The van der Waals surface area contributed by atoms with Crippen molar-refractivity contribution in [2.45, 2.75) is 22.7 Å². The third-order valence-electron chi connectivity index (χ3n) is 2.09. The van der Waals surface area contributed by atoms with Crippen LogP contribution in [0, 0.1) is 6.92 Å². The van der Waals surface area contributed by atoms with Gasteiger partial charge >= 0.3 is 0 Å². The first kappa shape index (κ1) is 13.0. The molecule has 0 spiro atoms. The fraction of sp³-hybridized carbons (Fsp3) is 0.273. The summed E-state index contributed by atoms with van der Waals surface area (Å²) in [5.74, 6) is 0. The Morgan fingerprint density at radius 2 is 2.24 bits per heavy atom. The number of rotatable bonds is 4. The monoisotopic (exact) mass is 329 g/mol. The Labute approximate surface area is 117 Å². The highest BCUT2D eigenvalue weighted by molar-refractivity contribution is 9.10. The van der Waals surface area contributed by atoms with Crippen LogP contribution in [0.25, 0.3) is 0 Å². The molecule has 90 valence electrons. The zero-order valence-corrected chi connectivity index (χ0v) is 12.7. The van der Waals surface area contributed by atoms with Crippen molar-refractivity contribution >= 4 is 39.0 Å². The van der Waals surface area contributed by atoms with E-state index in [0.717, 1.165) is 20.4 Å². The van der Waals surface area contributed by atoms with Crippen LogP contribution in [0.15, 0.2) is 31.9 Å². The van der Waals surface area contributed by atoms with Crippen molar-refractivity contribution in [1.29, 1.82) is 0 Å². The second kappa shape index (κ2) is 5.95. The van der Waals surface area contributed by atoms with E-state index in [1.54, 1.807) is 23.1 Å². The predicted molar refractivity (Wildman–Crippen MR) is 75.7 cm³/mol. The van der Waals surface area contributed by atoms with Gasteiger partial charge in [0.2, 0.25) is 0 Å². The molecule has 2 aromatic rings. The SMILES string of the molecule is CNCc1cc(Br)ccc1Sc1nnc(C)s1. The molecule has 1 aromatic carbocycles. The van der Waals surface area contributed by atoms with Crippen LogP contribution in [0.3, 0.4) is 0 Å². The fourth-order valence-electron chi connectivity index (χ4n) is 1.39. The summed E-state index contributed by atoms with van der Waals surface area (Å²) in [5.41, 5.74) is 1.26. The molecule has 2 rings (SSSR count). The Morgan fingerprint density at radius 3 is 2.88 bits per heavy atom. The van der Waals surface area contributed by atoms with Crippen molar-refractivity contribution in [3.8, 4) is 0 Å². The molecule has 6 heteroatoms. The second-order valence-electron chi connectivity index (χ2n) is 3.47. The van der Waals surface area contributed by atoms with E-state index in [-0.39, 0.29) is 0 Å². The maximum Gasteiger partial charge on any atom is 0.179 e. The first-order valence-corrected chi connectivity index (χ1v) is 7.52. The molecule has 17 heavy (non-hydrogen) atoms. The number of nitrogens with zero attached hydrogens (tertiary/aromatic N) is 2. The molecule has 0 aliphatic carbocycles. The lowest BCUT2D eigenvalue weighted by Crippen LogP contribution is -2.06. The van der Waals surface area contributed by atoms with Gasteiger partial charge in [0.1, 0.15) is 5.01 Å². The summed E-state index contributed by atoms with van der Waals surface area (Å²) < 4.78 is 2.09. The van der Waals surface area contributed by atoms with E-state index in [2.05, 4.69) is 49.6 Å². The van der Waals surface area contributed by atoms with Gasteiger partial charge in [-0.05, 0) is 37.7 Å². The smallest absolute Gasteiger partial charge is 0.179 e. The van der Waals surface area contributed by atoms with Crippen LogP contribution in [0.5, 0.6) is 0 Å². The minimum absolute atomic E-state index is 0.847. The highest BCUT2D eigenvalue weighted by atomic mass is 79.9. The van der Waals surface area contributed by atoms with Crippen molar-refractivity contribution in [3.05, 3.63) is 33.2 Å². The fourth-order valence-corrected chi connectivity index (χ4v) is 3.68. The lowest BCUT2D eigenvalue weighted by Gasteiger charge is -2.07. The van der Waals surface area contributed by atoms with Crippen LogP contribution in [0.1, 0.15) is 10.6 Å². The van der Waals surface area contributed by atoms with Crippen LogP contribution >= 0.6 is 39.0 Å². The van der Waals surface area contributed by atoms with Crippen molar-refractivity contribution < 1.29 is 0 Å². The zero-order chi connectivity index (χ0) is 12.3. The molecule has 0 radical (unpaired) electrons. The molecule has 0 aliphatic heterocycles. The minimum atomic E-state index is 0.847. The topological polar surface area (TPSA) is 37.8 Å². The first-order valence-electron chi connectivity index (χ1n) is 5.10. The van der Waals surface area contributed by atoms with Crippen LogP contribution in [0.2, 0.25) is 0 Å². The van der Waals surface area contributed by atoms with E-state index in [1.807, 2.05) is 14.0 Å². The summed E-state index contributed by atoms with van der Waals surface area (Å²) >= 11 is 6.78. The molecule has 0 fully saturated rings. The van der Waals surface area contributed by atoms with Gasteiger partial charge in [0.05, 0.1) is 0 Å². The molecule has 1 heterocycles. The Kier molecular flexibility index (Phi) is 4.55. The summed E-state index contributed by atoms with van der Waals surface area (Å²) in [6.07, 6.45) is 0. The standard InChI is InChI=1S/C11H12BrN3S2/c1-7-14-15-11(16-7)17-10-4-3-9(12)5-8(10)6-13-2/h3-5,13H,6H2,1-2H3. The summed E-state index contributed by atoms with van der Waals surface area (Å²) in [6, 6.07) is 6.29. The Morgan fingerprint density at radius 1 is 1.41 bits per heavy atom. The van der Waals surface area contributed by atoms with Crippen molar-refractivity contribution in [3.63, 3.8) is 0 Å². The molecule has 0 atom stereocenters. The van der Waals surface area contributed by atoms with Gasteiger partial charge < -0.3 is 5.32 Å². The molecule has 0 unspecified atom stereocenters. The quantitative estimate of drug-likeness (QED) is 0.931. The van der Waals surface area contributed by atoms with Crippen molar-refractivity contribution in [2.75, 3.05) is 7.05 Å². The van der Waals surface area contributed by atoms with E-state index in [0.29, 0.717) is 0 Å². The average Bonchev–Trinajstić information content (AvgIpc) is 2.69. The van der Waals surface area contributed by atoms with Crippen LogP contribution in [0.4, 0.5) is 0 Å². The largest absolute Gasteiger partial charge is 0.316 e. The average molecular weight is 330 g/mol. The van der Waals surface area contributed by atoms with Crippen molar-refractivity contribution in [1.82, 2.24) is 15.5 Å². The summed E-state index contributed by atoms with van der Waals surface area (Å²) in [4.78, 5) is 1.22. The minimum Gasteiger partial charge on any atom is -0.316 e. The number of hydrogen-bond acceptors (Lipinski definition) is 5. The van der Waals surface area contributed by atoms with E-state index in [9.17, 15) is 0 Å².